The molecule has 2 N–H and O–H groups in total. The molecular weight excluding hydrogens is 260 g/mol. The fraction of sp³-hybridized carbons (Fsp3) is 0.294. The zero-order valence-electron chi connectivity index (χ0n) is 12.0. The van der Waals surface area contributed by atoms with Crippen molar-refractivity contribution in [3.05, 3.63) is 54.1 Å². The van der Waals surface area contributed by atoms with Crippen molar-refractivity contribution in [3.63, 3.8) is 0 Å². The summed E-state index contributed by atoms with van der Waals surface area (Å²) in [7, 11) is 0. The van der Waals surface area contributed by atoms with Crippen LogP contribution in [0.5, 0.6) is 0 Å². The Morgan fingerprint density at radius 2 is 2.10 bits per heavy atom. The monoisotopic (exact) mass is 278 g/mol. The minimum absolute atomic E-state index is 0.176. The standard InChI is InChI=1S/C17H18N4/c1-11(14-4-2-3-9-19-14)21-16-8-7-13(18)10-15(16)20-17(21)12-5-6-12/h2-4,7-12H,5-6,18H2,1H3. The molecule has 1 fully saturated rings. The van der Waals surface area contributed by atoms with Gasteiger partial charge in [0.15, 0.2) is 0 Å². The number of rotatable bonds is 3. The Bertz CT molecular complexity index is 787. The molecule has 0 bridgehead atoms. The van der Waals surface area contributed by atoms with Crippen molar-refractivity contribution in [3.8, 4) is 0 Å². The molecule has 2 aromatic heterocycles. The highest BCUT2D eigenvalue weighted by Gasteiger charge is 2.31. The number of aromatic nitrogens is 3. The molecule has 4 nitrogen and oxygen atoms in total. The second-order valence-electron chi connectivity index (χ2n) is 5.79. The average Bonchev–Trinajstić information content (AvgIpc) is 3.28. The van der Waals surface area contributed by atoms with Crippen LogP contribution in [0.3, 0.4) is 0 Å². The normalized spacial score (nSPS) is 16.2. The summed E-state index contributed by atoms with van der Waals surface area (Å²) in [6.07, 6.45) is 4.31. The number of anilines is 1. The van der Waals surface area contributed by atoms with Crippen LogP contribution in [0.1, 0.15) is 43.2 Å². The molecular formula is C17H18N4. The first-order chi connectivity index (χ1) is 10.2. The molecule has 4 rings (SSSR count). The van der Waals surface area contributed by atoms with Gasteiger partial charge in [-0.1, -0.05) is 6.07 Å². The van der Waals surface area contributed by atoms with Crippen molar-refractivity contribution in [1.29, 1.82) is 0 Å². The molecule has 1 aliphatic carbocycles. The fourth-order valence-corrected chi connectivity index (χ4v) is 2.93. The van der Waals surface area contributed by atoms with Gasteiger partial charge in [-0.3, -0.25) is 4.98 Å². The molecule has 1 atom stereocenters. The fourth-order valence-electron chi connectivity index (χ4n) is 2.93. The van der Waals surface area contributed by atoms with Gasteiger partial charge in [-0.2, -0.15) is 0 Å². The largest absolute Gasteiger partial charge is 0.399 e. The van der Waals surface area contributed by atoms with Gasteiger partial charge < -0.3 is 10.3 Å². The molecule has 1 aromatic carbocycles. The smallest absolute Gasteiger partial charge is 0.113 e. The van der Waals surface area contributed by atoms with Crippen LogP contribution >= 0.6 is 0 Å². The zero-order valence-corrected chi connectivity index (χ0v) is 12.0. The summed E-state index contributed by atoms with van der Waals surface area (Å²) in [6, 6.07) is 12.2. The van der Waals surface area contributed by atoms with Crippen LogP contribution in [0.4, 0.5) is 5.69 Å². The molecule has 0 amide bonds. The molecule has 4 heteroatoms. The van der Waals surface area contributed by atoms with Crippen LogP contribution in [0.2, 0.25) is 0 Å². The summed E-state index contributed by atoms with van der Waals surface area (Å²) in [5, 5.41) is 0. The number of fused-ring (bicyclic) bond motifs is 1. The van der Waals surface area contributed by atoms with E-state index in [2.05, 4.69) is 28.6 Å². The molecule has 0 saturated heterocycles. The maximum absolute atomic E-state index is 5.90. The molecule has 21 heavy (non-hydrogen) atoms. The van der Waals surface area contributed by atoms with E-state index in [9.17, 15) is 0 Å². The van der Waals surface area contributed by atoms with E-state index in [1.165, 1.54) is 18.7 Å². The third-order valence-electron chi connectivity index (χ3n) is 4.19. The van der Waals surface area contributed by atoms with Gasteiger partial charge in [0, 0.05) is 17.8 Å². The summed E-state index contributed by atoms with van der Waals surface area (Å²) in [5.74, 6) is 1.76. The van der Waals surface area contributed by atoms with Gasteiger partial charge in [0.1, 0.15) is 5.82 Å². The Hall–Kier alpha value is -2.36. The maximum Gasteiger partial charge on any atom is 0.113 e. The number of nitrogens with two attached hydrogens (primary N) is 1. The van der Waals surface area contributed by atoms with Crippen LogP contribution < -0.4 is 5.73 Å². The highest BCUT2D eigenvalue weighted by atomic mass is 15.1. The molecule has 1 aliphatic rings. The minimum Gasteiger partial charge on any atom is -0.399 e. The second-order valence-corrected chi connectivity index (χ2v) is 5.79. The average molecular weight is 278 g/mol. The van der Waals surface area contributed by atoms with Gasteiger partial charge in [-0.05, 0) is 50.1 Å². The van der Waals surface area contributed by atoms with Crippen LogP contribution in [0.25, 0.3) is 11.0 Å². The summed E-state index contributed by atoms with van der Waals surface area (Å²) in [6.45, 7) is 2.19. The zero-order chi connectivity index (χ0) is 14.4. The van der Waals surface area contributed by atoms with Gasteiger partial charge >= 0.3 is 0 Å². The van der Waals surface area contributed by atoms with Gasteiger partial charge in [0.2, 0.25) is 0 Å². The predicted molar refractivity (Wildman–Crippen MR) is 84.2 cm³/mol. The lowest BCUT2D eigenvalue weighted by Gasteiger charge is -2.17. The Balaban J connectivity index is 1.91. The predicted octanol–water partition coefficient (Wildman–Crippen LogP) is 3.50. The van der Waals surface area contributed by atoms with E-state index in [-0.39, 0.29) is 6.04 Å². The lowest BCUT2D eigenvalue weighted by atomic mass is 10.2. The van der Waals surface area contributed by atoms with Crippen molar-refractivity contribution in [2.45, 2.75) is 31.7 Å². The molecule has 1 unspecified atom stereocenters. The Kier molecular flexibility index (Phi) is 2.70. The van der Waals surface area contributed by atoms with E-state index < -0.39 is 0 Å². The molecule has 3 aromatic rings. The van der Waals surface area contributed by atoms with Crippen molar-refractivity contribution < 1.29 is 0 Å². The first kappa shape index (κ1) is 12.4. The SMILES string of the molecule is CC(c1ccccn1)n1c(C2CC2)nc2cc(N)ccc21. The Labute approximate surface area is 123 Å². The summed E-state index contributed by atoms with van der Waals surface area (Å²) >= 11 is 0. The van der Waals surface area contributed by atoms with E-state index >= 15 is 0 Å². The first-order valence-electron chi connectivity index (χ1n) is 7.42. The topological polar surface area (TPSA) is 56.7 Å². The third kappa shape index (κ3) is 2.07. The first-order valence-corrected chi connectivity index (χ1v) is 7.42. The van der Waals surface area contributed by atoms with Gasteiger partial charge in [-0.15, -0.1) is 0 Å². The second kappa shape index (κ2) is 4.58. The van der Waals surface area contributed by atoms with Crippen molar-refractivity contribution >= 4 is 16.7 Å². The number of pyridine rings is 1. The highest BCUT2D eigenvalue weighted by Crippen LogP contribution is 2.42. The number of nitrogen functional groups attached to an aromatic ring is 1. The van der Waals surface area contributed by atoms with Crippen molar-refractivity contribution in [2.75, 3.05) is 5.73 Å². The van der Waals surface area contributed by atoms with Gasteiger partial charge in [0.25, 0.3) is 0 Å². The van der Waals surface area contributed by atoms with E-state index in [0.29, 0.717) is 5.92 Å². The summed E-state index contributed by atoms with van der Waals surface area (Å²) in [4.78, 5) is 9.34. The highest BCUT2D eigenvalue weighted by molar-refractivity contribution is 5.80. The molecule has 0 aliphatic heterocycles. The lowest BCUT2D eigenvalue weighted by Crippen LogP contribution is -2.11. The minimum atomic E-state index is 0.176. The Morgan fingerprint density at radius 1 is 1.24 bits per heavy atom. The summed E-state index contributed by atoms with van der Waals surface area (Å²) in [5.41, 5.74) is 9.86. The quantitative estimate of drug-likeness (QED) is 0.746. The molecule has 0 radical (unpaired) electrons. The molecule has 106 valence electrons. The van der Waals surface area contributed by atoms with E-state index in [4.69, 9.17) is 10.7 Å². The van der Waals surface area contributed by atoms with Crippen LogP contribution in [0.15, 0.2) is 42.6 Å². The van der Waals surface area contributed by atoms with Crippen molar-refractivity contribution in [2.24, 2.45) is 0 Å². The maximum atomic E-state index is 5.90. The van der Waals surface area contributed by atoms with Crippen LogP contribution in [-0.4, -0.2) is 14.5 Å². The van der Waals surface area contributed by atoms with Crippen LogP contribution in [-0.2, 0) is 0 Å². The van der Waals surface area contributed by atoms with E-state index in [0.717, 1.165) is 22.4 Å². The summed E-state index contributed by atoms with van der Waals surface area (Å²) < 4.78 is 2.33. The van der Waals surface area contributed by atoms with Crippen LogP contribution in [0, 0.1) is 0 Å². The number of hydrogen-bond donors (Lipinski definition) is 1. The lowest BCUT2D eigenvalue weighted by molar-refractivity contribution is 0.604. The molecule has 2 heterocycles. The third-order valence-corrected chi connectivity index (χ3v) is 4.19. The molecule has 1 saturated carbocycles. The molecule has 0 spiro atoms. The number of imidazole rings is 1. The number of benzene rings is 1. The van der Waals surface area contributed by atoms with E-state index in [1.807, 2.05) is 30.5 Å². The van der Waals surface area contributed by atoms with E-state index in [1.54, 1.807) is 0 Å². The van der Waals surface area contributed by atoms with Gasteiger partial charge in [-0.25, -0.2) is 4.98 Å². The van der Waals surface area contributed by atoms with Crippen molar-refractivity contribution in [1.82, 2.24) is 14.5 Å². The number of hydrogen-bond acceptors (Lipinski definition) is 3. The van der Waals surface area contributed by atoms with Gasteiger partial charge in [0.05, 0.1) is 22.8 Å². The Morgan fingerprint density at radius 3 is 2.81 bits per heavy atom. The number of nitrogens with zero attached hydrogens (tertiary/aromatic N) is 3.